The second-order valence-corrected chi connectivity index (χ2v) is 5.91. The third-order valence-electron chi connectivity index (χ3n) is 3.96. The van der Waals surface area contributed by atoms with Crippen LogP contribution in [0.1, 0.15) is 21.5 Å². The zero-order chi connectivity index (χ0) is 19.1. The molecule has 0 fully saturated rings. The number of carbonyl (C=O) groups is 1. The number of nitrogens with zero attached hydrogens (tertiary/aromatic N) is 2. The van der Waals surface area contributed by atoms with Gasteiger partial charge < -0.3 is 10.6 Å². The molecule has 0 radical (unpaired) electrons. The number of anilines is 1. The van der Waals surface area contributed by atoms with Crippen molar-refractivity contribution in [3.05, 3.63) is 99.9 Å². The van der Waals surface area contributed by atoms with E-state index < -0.39 is 4.92 Å². The minimum atomic E-state index is -0.413. The molecular weight excluding hydrogens is 344 g/mol. The lowest BCUT2D eigenvalue weighted by atomic mass is 10.1. The summed E-state index contributed by atoms with van der Waals surface area (Å²) in [7, 11) is 0. The molecular formula is C20H18N4O3. The van der Waals surface area contributed by atoms with E-state index in [0.717, 1.165) is 11.1 Å². The summed E-state index contributed by atoms with van der Waals surface area (Å²) in [5, 5.41) is 16.7. The molecule has 3 rings (SSSR count). The maximum atomic E-state index is 12.2. The molecule has 7 nitrogen and oxygen atoms in total. The number of pyridine rings is 1. The number of benzene rings is 2. The van der Waals surface area contributed by atoms with Crippen LogP contribution in [-0.4, -0.2) is 15.8 Å². The average Bonchev–Trinajstić information content (AvgIpc) is 2.69. The van der Waals surface area contributed by atoms with Crippen molar-refractivity contribution in [1.82, 2.24) is 10.3 Å². The minimum absolute atomic E-state index is 0.0828. The number of carbonyl (C=O) groups excluding carboxylic acids is 1. The Morgan fingerprint density at radius 1 is 0.889 bits per heavy atom. The summed E-state index contributed by atoms with van der Waals surface area (Å²) in [4.78, 5) is 26.4. The number of nitro benzene ring substituents is 1. The molecule has 0 aliphatic heterocycles. The van der Waals surface area contributed by atoms with Crippen LogP contribution in [-0.2, 0) is 13.1 Å². The Bertz CT molecular complexity index is 910. The summed E-state index contributed by atoms with van der Waals surface area (Å²) < 4.78 is 0. The summed E-state index contributed by atoms with van der Waals surface area (Å²) >= 11 is 0. The van der Waals surface area contributed by atoms with Gasteiger partial charge >= 0.3 is 0 Å². The summed E-state index contributed by atoms with van der Waals surface area (Å²) in [5.41, 5.74) is 3.36. The number of nitro groups is 1. The number of amides is 1. The molecule has 7 heteroatoms. The molecule has 1 amide bonds. The highest BCUT2D eigenvalue weighted by Crippen LogP contribution is 2.12. The molecule has 3 aromatic rings. The number of non-ortho nitro benzene ring substituents is 1. The first-order valence-corrected chi connectivity index (χ1v) is 8.36. The van der Waals surface area contributed by atoms with E-state index in [1.807, 2.05) is 12.1 Å². The Labute approximate surface area is 156 Å². The summed E-state index contributed by atoms with van der Waals surface area (Å²) in [5.74, 6) is -0.174. The van der Waals surface area contributed by atoms with Crippen molar-refractivity contribution in [3.63, 3.8) is 0 Å². The Hall–Kier alpha value is -3.58. The van der Waals surface area contributed by atoms with Crippen molar-refractivity contribution in [2.24, 2.45) is 0 Å². The van der Waals surface area contributed by atoms with Gasteiger partial charge in [-0.15, -0.1) is 0 Å². The third-order valence-corrected chi connectivity index (χ3v) is 3.96. The highest BCUT2D eigenvalue weighted by atomic mass is 16.6. The molecule has 0 atom stereocenters. The molecule has 0 spiro atoms. The lowest BCUT2D eigenvalue weighted by Crippen LogP contribution is -2.14. The predicted octanol–water partition coefficient (Wildman–Crippen LogP) is 3.53. The van der Waals surface area contributed by atoms with Gasteiger partial charge in [-0.05, 0) is 35.4 Å². The van der Waals surface area contributed by atoms with Crippen LogP contribution in [0.5, 0.6) is 0 Å². The van der Waals surface area contributed by atoms with Gasteiger partial charge in [0, 0.05) is 48.9 Å². The molecule has 136 valence electrons. The zero-order valence-electron chi connectivity index (χ0n) is 14.5. The predicted molar refractivity (Wildman–Crippen MR) is 102 cm³/mol. The quantitative estimate of drug-likeness (QED) is 0.495. The highest BCUT2D eigenvalue weighted by Gasteiger charge is 2.06. The molecule has 1 heterocycles. The van der Waals surface area contributed by atoms with Crippen molar-refractivity contribution < 1.29 is 9.72 Å². The van der Waals surface area contributed by atoms with Gasteiger partial charge in [-0.3, -0.25) is 19.9 Å². The molecule has 2 N–H and O–H groups in total. The molecule has 0 saturated carbocycles. The second kappa shape index (κ2) is 8.68. The van der Waals surface area contributed by atoms with Gasteiger partial charge in [0.25, 0.3) is 11.6 Å². The van der Waals surface area contributed by atoms with Crippen molar-refractivity contribution in [2.75, 3.05) is 5.32 Å². The van der Waals surface area contributed by atoms with Crippen LogP contribution >= 0.6 is 0 Å². The lowest BCUT2D eigenvalue weighted by Gasteiger charge is -2.07. The Morgan fingerprint density at radius 2 is 1.44 bits per heavy atom. The molecule has 0 unspecified atom stereocenters. The summed E-state index contributed by atoms with van der Waals surface area (Å²) in [6, 6.07) is 17.3. The number of rotatable bonds is 7. The van der Waals surface area contributed by atoms with E-state index in [2.05, 4.69) is 15.6 Å². The van der Waals surface area contributed by atoms with Crippen molar-refractivity contribution in [2.45, 2.75) is 13.1 Å². The standard InChI is InChI=1S/C20H18N4O3/c25-20(23-18-9-11-21-12-10-18)17-5-1-15(2-6-17)13-22-14-16-3-7-19(8-4-16)24(26)27/h1-12,22H,13-14H2,(H,21,23,25). The van der Waals surface area contributed by atoms with Gasteiger partial charge in [0.2, 0.25) is 0 Å². The van der Waals surface area contributed by atoms with Crippen molar-refractivity contribution in [1.29, 1.82) is 0 Å². The van der Waals surface area contributed by atoms with E-state index >= 15 is 0 Å². The number of aromatic nitrogens is 1. The fraction of sp³-hybridized carbons (Fsp3) is 0.100. The maximum absolute atomic E-state index is 12.2. The van der Waals surface area contributed by atoms with E-state index in [-0.39, 0.29) is 11.6 Å². The van der Waals surface area contributed by atoms with Crippen LogP contribution in [0.25, 0.3) is 0 Å². The highest BCUT2D eigenvalue weighted by molar-refractivity contribution is 6.04. The average molecular weight is 362 g/mol. The van der Waals surface area contributed by atoms with Crippen LogP contribution < -0.4 is 10.6 Å². The van der Waals surface area contributed by atoms with Gasteiger partial charge in [0.05, 0.1) is 4.92 Å². The lowest BCUT2D eigenvalue weighted by molar-refractivity contribution is -0.384. The molecule has 2 aromatic carbocycles. The van der Waals surface area contributed by atoms with Gasteiger partial charge in [-0.1, -0.05) is 24.3 Å². The maximum Gasteiger partial charge on any atom is 0.269 e. The fourth-order valence-electron chi connectivity index (χ4n) is 2.50. The first-order valence-electron chi connectivity index (χ1n) is 8.36. The van der Waals surface area contributed by atoms with E-state index in [1.165, 1.54) is 12.1 Å². The Kier molecular flexibility index (Phi) is 5.86. The smallest absolute Gasteiger partial charge is 0.269 e. The van der Waals surface area contributed by atoms with E-state index in [9.17, 15) is 14.9 Å². The number of nitrogens with one attached hydrogen (secondary N) is 2. The summed E-state index contributed by atoms with van der Waals surface area (Å²) in [6.45, 7) is 1.23. The van der Waals surface area contributed by atoms with Crippen LogP contribution in [0.2, 0.25) is 0 Å². The topological polar surface area (TPSA) is 97.2 Å². The largest absolute Gasteiger partial charge is 0.322 e. The third kappa shape index (κ3) is 5.20. The Balaban J connectivity index is 1.50. The Morgan fingerprint density at radius 3 is 2.00 bits per heavy atom. The van der Waals surface area contributed by atoms with Gasteiger partial charge in [0.15, 0.2) is 0 Å². The monoisotopic (exact) mass is 362 g/mol. The SMILES string of the molecule is O=C(Nc1ccncc1)c1ccc(CNCc2ccc([N+](=O)[O-])cc2)cc1. The fourth-order valence-corrected chi connectivity index (χ4v) is 2.50. The number of hydrogen-bond acceptors (Lipinski definition) is 5. The van der Waals surface area contributed by atoms with Crippen LogP contribution in [0, 0.1) is 10.1 Å². The second-order valence-electron chi connectivity index (χ2n) is 5.91. The van der Waals surface area contributed by atoms with Crippen LogP contribution in [0.15, 0.2) is 73.1 Å². The normalized spacial score (nSPS) is 10.4. The molecule has 27 heavy (non-hydrogen) atoms. The number of hydrogen-bond donors (Lipinski definition) is 2. The molecule has 0 aliphatic carbocycles. The minimum Gasteiger partial charge on any atom is -0.322 e. The molecule has 0 bridgehead atoms. The molecule has 0 saturated heterocycles. The first-order chi connectivity index (χ1) is 13.1. The van der Waals surface area contributed by atoms with Crippen LogP contribution in [0.4, 0.5) is 11.4 Å². The summed E-state index contributed by atoms with van der Waals surface area (Å²) in [6.07, 6.45) is 3.24. The van der Waals surface area contributed by atoms with Gasteiger partial charge in [0.1, 0.15) is 0 Å². The van der Waals surface area contributed by atoms with Crippen molar-refractivity contribution >= 4 is 17.3 Å². The van der Waals surface area contributed by atoms with Gasteiger partial charge in [-0.2, -0.15) is 0 Å². The first kappa shape index (κ1) is 18.2. The van der Waals surface area contributed by atoms with E-state index in [1.54, 1.807) is 48.8 Å². The van der Waals surface area contributed by atoms with E-state index in [0.29, 0.717) is 24.3 Å². The molecule has 0 aliphatic rings. The van der Waals surface area contributed by atoms with Crippen molar-refractivity contribution in [3.8, 4) is 0 Å². The van der Waals surface area contributed by atoms with E-state index in [4.69, 9.17) is 0 Å². The van der Waals surface area contributed by atoms with Gasteiger partial charge in [-0.25, -0.2) is 0 Å². The zero-order valence-corrected chi connectivity index (χ0v) is 14.5. The molecule has 1 aromatic heterocycles. The van der Waals surface area contributed by atoms with Crippen LogP contribution in [0.3, 0.4) is 0 Å².